The van der Waals surface area contributed by atoms with Crippen molar-refractivity contribution in [3.63, 3.8) is 0 Å². The molecule has 122 valence electrons. The van der Waals surface area contributed by atoms with Gasteiger partial charge in [-0.1, -0.05) is 23.7 Å². The van der Waals surface area contributed by atoms with Gasteiger partial charge < -0.3 is 10.5 Å². The van der Waals surface area contributed by atoms with Crippen molar-refractivity contribution in [2.75, 3.05) is 27.2 Å². The number of methoxy groups -OCH3 is 1. The van der Waals surface area contributed by atoms with Crippen LogP contribution in [0.1, 0.15) is 28.7 Å². The van der Waals surface area contributed by atoms with E-state index in [9.17, 15) is 4.39 Å². The molecule has 0 saturated carbocycles. The lowest BCUT2D eigenvalue weighted by Gasteiger charge is -2.39. The van der Waals surface area contributed by atoms with Crippen LogP contribution in [0.5, 0.6) is 5.75 Å². The fraction of sp³-hybridized carbons (Fsp3) is 0.333. The highest BCUT2D eigenvalue weighted by atomic mass is 35.5. The van der Waals surface area contributed by atoms with Crippen molar-refractivity contribution in [3.05, 3.63) is 63.9 Å². The second kappa shape index (κ2) is 6.48. The number of rotatable bonds is 3. The Labute approximate surface area is 140 Å². The van der Waals surface area contributed by atoms with Gasteiger partial charge in [0.25, 0.3) is 0 Å². The molecule has 0 amide bonds. The Hall–Kier alpha value is -1.62. The molecule has 0 aliphatic carbocycles. The molecule has 5 heteroatoms. The molecule has 0 radical (unpaired) electrons. The molecule has 2 aromatic carbocycles. The summed E-state index contributed by atoms with van der Waals surface area (Å²) in [7, 11) is 3.50. The highest BCUT2D eigenvalue weighted by molar-refractivity contribution is 6.30. The van der Waals surface area contributed by atoms with E-state index in [2.05, 4.69) is 4.90 Å². The Morgan fingerprint density at radius 2 is 2.04 bits per heavy atom. The van der Waals surface area contributed by atoms with E-state index in [1.165, 1.54) is 7.11 Å². The largest absolute Gasteiger partial charge is 0.494 e. The first-order valence-corrected chi connectivity index (χ1v) is 7.96. The molecule has 2 atom stereocenters. The van der Waals surface area contributed by atoms with Crippen LogP contribution in [0.4, 0.5) is 4.39 Å². The summed E-state index contributed by atoms with van der Waals surface area (Å²) in [5, 5.41) is 0.692. The van der Waals surface area contributed by atoms with Gasteiger partial charge in [0.2, 0.25) is 0 Å². The number of halogens is 2. The average Bonchev–Trinajstić information content (AvgIpc) is 2.54. The minimum absolute atomic E-state index is 0.0791. The second-order valence-electron chi connectivity index (χ2n) is 5.91. The minimum Gasteiger partial charge on any atom is -0.494 e. The molecule has 0 fully saturated rings. The summed E-state index contributed by atoms with van der Waals surface area (Å²) < 4.78 is 19.1. The first-order chi connectivity index (χ1) is 11.0. The Balaban J connectivity index is 2.09. The third-order valence-corrected chi connectivity index (χ3v) is 4.82. The van der Waals surface area contributed by atoms with E-state index >= 15 is 0 Å². The maximum Gasteiger partial charge on any atom is 0.165 e. The zero-order chi connectivity index (χ0) is 16.6. The predicted octanol–water partition coefficient (Wildman–Crippen LogP) is 3.56. The van der Waals surface area contributed by atoms with Gasteiger partial charge in [0, 0.05) is 30.1 Å². The molecule has 0 saturated heterocycles. The summed E-state index contributed by atoms with van der Waals surface area (Å²) in [5.41, 5.74) is 9.15. The maximum atomic E-state index is 14.1. The van der Waals surface area contributed by atoms with Gasteiger partial charge in [-0.3, -0.25) is 4.90 Å². The van der Waals surface area contributed by atoms with Gasteiger partial charge in [-0.05, 0) is 48.0 Å². The Kier molecular flexibility index (Phi) is 4.57. The topological polar surface area (TPSA) is 38.5 Å². The SMILES string of the molecule is COc1ccc(C2CN(C)C(CN)c3cc(Cl)ccc32)cc1F. The van der Waals surface area contributed by atoms with Gasteiger partial charge >= 0.3 is 0 Å². The van der Waals surface area contributed by atoms with Crippen molar-refractivity contribution in [1.29, 1.82) is 0 Å². The van der Waals surface area contributed by atoms with E-state index in [4.69, 9.17) is 22.1 Å². The van der Waals surface area contributed by atoms with Crippen LogP contribution in [-0.4, -0.2) is 32.1 Å². The molecular formula is C18H20ClFN2O. The van der Waals surface area contributed by atoms with Crippen LogP contribution >= 0.6 is 11.6 Å². The predicted molar refractivity (Wildman–Crippen MR) is 90.7 cm³/mol. The van der Waals surface area contributed by atoms with Crippen LogP contribution in [-0.2, 0) is 0 Å². The van der Waals surface area contributed by atoms with Crippen LogP contribution in [0.15, 0.2) is 36.4 Å². The van der Waals surface area contributed by atoms with Gasteiger partial charge in [0.1, 0.15) is 0 Å². The zero-order valence-corrected chi connectivity index (χ0v) is 14.0. The lowest BCUT2D eigenvalue weighted by molar-refractivity contribution is 0.223. The molecule has 0 aromatic heterocycles. The van der Waals surface area contributed by atoms with Crippen molar-refractivity contribution in [3.8, 4) is 5.75 Å². The van der Waals surface area contributed by atoms with Crippen LogP contribution in [0.2, 0.25) is 5.02 Å². The van der Waals surface area contributed by atoms with Crippen molar-refractivity contribution < 1.29 is 9.13 Å². The fourth-order valence-corrected chi connectivity index (χ4v) is 3.57. The normalized spacial score (nSPS) is 21.1. The van der Waals surface area contributed by atoms with Crippen molar-refractivity contribution in [2.24, 2.45) is 5.73 Å². The van der Waals surface area contributed by atoms with Gasteiger partial charge in [-0.15, -0.1) is 0 Å². The Bertz CT molecular complexity index is 722. The number of ether oxygens (including phenoxy) is 1. The highest BCUT2D eigenvalue weighted by Crippen LogP contribution is 2.40. The number of likely N-dealkylation sites (N-methyl/N-ethyl adjacent to an activating group) is 1. The third kappa shape index (κ3) is 2.94. The summed E-state index contributed by atoms with van der Waals surface area (Å²) in [4.78, 5) is 2.20. The highest BCUT2D eigenvalue weighted by Gasteiger charge is 2.31. The summed E-state index contributed by atoms with van der Waals surface area (Å²) in [6, 6.07) is 11.2. The van der Waals surface area contributed by atoms with Crippen LogP contribution in [0.3, 0.4) is 0 Å². The fourth-order valence-electron chi connectivity index (χ4n) is 3.39. The average molecular weight is 335 g/mol. The van der Waals surface area contributed by atoms with Crippen molar-refractivity contribution in [1.82, 2.24) is 4.90 Å². The molecule has 2 unspecified atom stereocenters. The van der Waals surface area contributed by atoms with E-state index in [0.29, 0.717) is 11.6 Å². The van der Waals surface area contributed by atoms with E-state index < -0.39 is 0 Å². The first-order valence-electron chi connectivity index (χ1n) is 7.58. The number of nitrogens with zero attached hydrogens (tertiary/aromatic N) is 1. The lowest BCUT2D eigenvalue weighted by atomic mass is 9.81. The molecule has 3 rings (SSSR count). The summed E-state index contributed by atoms with van der Waals surface area (Å²) in [5.74, 6) is -0.00586. The molecule has 3 nitrogen and oxygen atoms in total. The summed E-state index contributed by atoms with van der Waals surface area (Å²) in [6.45, 7) is 1.30. The van der Waals surface area contributed by atoms with Gasteiger partial charge in [-0.25, -0.2) is 4.39 Å². The first kappa shape index (κ1) is 16.2. The van der Waals surface area contributed by atoms with Crippen LogP contribution in [0.25, 0.3) is 0 Å². The maximum absolute atomic E-state index is 14.1. The monoisotopic (exact) mass is 334 g/mol. The van der Waals surface area contributed by atoms with E-state index in [1.54, 1.807) is 12.1 Å². The minimum atomic E-state index is -0.343. The summed E-state index contributed by atoms with van der Waals surface area (Å²) in [6.07, 6.45) is 0. The standard InChI is InChI=1S/C18H20ClFN2O/c1-22-10-15(11-3-6-18(23-2)16(20)7-11)13-5-4-12(19)8-14(13)17(22)9-21/h3-8,15,17H,9-10,21H2,1-2H3. The second-order valence-corrected chi connectivity index (χ2v) is 6.35. The molecule has 1 aliphatic rings. The molecule has 23 heavy (non-hydrogen) atoms. The number of hydrogen-bond donors (Lipinski definition) is 1. The van der Waals surface area contributed by atoms with Crippen molar-refractivity contribution in [2.45, 2.75) is 12.0 Å². The number of benzene rings is 2. The molecule has 1 aliphatic heterocycles. The number of fused-ring (bicyclic) bond motifs is 1. The number of nitrogens with two attached hydrogens (primary N) is 1. The molecule has 0 spiro atoms. The smallest absolute Gasteiger partial charge is 0.165 e. The quantitative estimate of drug-likeness (QED) is 0.932. The Morgan fingerprint density at radius 3 is 2.70 bits per heavy atom. The molecule has 1 heterocycles. The van der Waals surface area contributed by atoms with E-state index in [-0.39, 0.29) is 23.5 Å². The summed E-state index contributed by atoms with van der Waals surface area (Å²) >= 11 is 6.17. The van der Waals surface area contributed by atoms with E-state index in [0.717, 1.165) is 23.2 Å². The van der Waals surface area contributed by atoms with Gasteiger partial charge in [0.05, 0.1) is 7.11 Å². The zero-order valence-electron chi connectivity index (χ0n) is 13.2. The van der Waals surface area contributed by atoms with E-state index in [1.807, 2.05) is 31.3 Å². The van der Waals surface area contributed by atoms with Crippen molar-refractivity contribution >= 4 is 11.6 Å². The van der Waals surface area contributed by atoms with Gasteiger partial charge in [0.15, 0.2) is 11.6 Å². The third-order valence-electron chi connectivity index (χ3n) is 4.59. The van der Waals surface area contributed by atoms with Crippen LogP contribution in [0, 0.1) is 5.82 Å². The molecular weight excluding hydrogens is 315 g/mol. The molecule has 0 bridgehead atoms. The lowest BCUT2D eigenvalue weighted by Crippen LogP contribution is -2.39. The van der Waals surface area contributed by atoms with Crippen LogP contribution < -0.4 is 10.5 Å². The number of hydrogen-bond acceptors (Lipinski definition) is 3. The van der Waals surface area contributed by atoms with Gasteiger partial charge in [-0.2, -0.15) is 0 Å². The molecule has 2 N–H and O–H groups in total. The Morgan fingerprint density at radius 1 is 1.26 bits per heavy atom. The molecule has 2 aromatic rings.